The molecule has 12 atom stereocenters. The summed E-state index contributed by atoms with van der Waals surface area (Å²) < 4.78 is 16.9. The Morgan fingerprint density at radius 3 is 2.34 bits per heavy atom. The maximum absolute atomic E-state index is 14.2. The highest BCUT2D eigenvalue weighted by Gasteiger charge is 2.72. The third-order valence-corrected chi connectivity index (χ3v) is 18.3. The van der Waals surface area contributed by atoms with Crippen molar-refractivity contribution in [1.29, 1.82) is 0 Å². The molecule has 1 unspecified atom stereocenters. The van der Waals surface area contributed by atoms with Gasteiger partial charge in [0.25, 0.3) is 5.91 Å². The number of carbonyl (C=O) groups excluding carboxylic acids is 5. The van der Waals surface area contributed by atoms with Gasteiger partial charge in [0.15, 0.2) is 5.78 Å². The number of hydrogen-bond acceptors (Lipinski definition) is 11. The van der Waals surface area contributed by atoms with Crippen LogP contribution in [-0.4, -0.2) is 90.3 Å². The van der Waals surface area contributed by atoms with Crippen molar-refractivity contribution < 1.29 is 48.4 Å². The third kappa shape index (κ3) is 10.8. The van der Waals surface area contributed by atoms with Crippen LogP contribution in [0.3, 0.4) is 0 Å². The van der Waals surface area contributed by atoms with Crippen LogP contribution in [0.25, 0.3) is 0 Å². The summed E-state index contributed by atoms with van der Waals surface area (Å²) in [6.45, 7) is 17.2. The Bertz CT molecular complexity index is 2310. The third-order valence-electron chi connectivity index (χ3n) is 18.3. The van der Waals surface area contributed by atoms with Crippen molar-refractivity contribution in [3.63, 3.8) is 0 Å². The molecule has 13 heteroatoms. The van der Waals surface area contributed by atoms with E-state index in [2.05, 4.69) is 50.2 Å². The number of hydrogen-bond donors (Lipinski definition) is 5. The first kappa shape index (κ1) is 54.7. The molecule has 6 rings (SSSR count). The molecule has 2 bridgehead atoms. The zero-order valence-electron chi connectivity index (χ0n) is 43.6. The first-order chi connectivity index (χ1) is 33.0. The molecular formula is C57H81N3O10. The summed E-state index contributed by atoms with van der Waals surface area (Å²) in [5, 5.41) is 29.8. The van der Waals surface area contributed by atoms with Gasteiger partial charge in [-0.2, -0.15) is 0 Å². The van der Waals surface area contributed by atoms with Gasteiger partial charge in [-0.1, -0.05) is 89.3 Å². The Balaban J connectivity index is 1.12. The van der Waals surface area contributed by atoms with Crippen molar-refractivity contribution in [2.45, 2.75) is 182 Å². The van der Waals surface area contributed by atoms with Gasteiger partial charge in [-0.3, -0.25) is 19.2 Å². The summed E-state index contributed by atoms with van der Waals surface area (Å²) in [6, 6.07) is 0. The number of rotatable bonds is 9. The first-order valence-electron chi connectivity index (χ1n) is 25.7. The number of allylic oxidation sites excluding steroid dienone is 5. The van der Waals surface area contributed by atoms with Crippen LogP contribution in [0.2, 0.25) is 0 Å². The van der Waals surface area contributed by atoms with E-state index in [1.165, 1.54) is 31.9 Å². The van der Waals surface area contributed by atoms with Crippen LogP contribution in [0, 0.1) is 51.3 Å². The number of ketones is 3. The molecule has 0 spiro atoms. The van der Waals surface area contributed by atoms with E-state index >= 15 is 0 Å². The molecule has 5 aliphatic carbocycles. The normalized spacial score (nSPS) is 39.5. The van der Waals surface area contributed by atoms with Crippen molar-refractivity contribution in [1.82, 2.24) is 10.6 Å². The van der Waals surface area contributed by atoms with E-state index in [0.29, 0.717) is 44.6 Å². The number of amides is 2. The Kier molecular flexibility index (Phi) is 17.2. The van der Waals surface area contributed by atoms with E-state index < -0.39 is 53.6 Å². The molecule has 0 aromatic heterocycles. The van der Waals surface area contributed by atoms with Gasteiger partial charge in [0, 0.05) is 68.6 Å². The van der Waals surface area contributed by atoms with Crippen molar-refractivity contribution in [2.75, 3.05) is 20.8 Å². The zero-order chi connectivity index (χ0) is 51.4. The molecule has 0 aromatic carbocycles. The second-order valence-electron chi connectivity index (χ2n) is 22.5. The number of nitrogens with two attached hydrogens (primary N) is 1. The molecule has 6 aliphatic rings. The molecule has 3 saturated carbocycles. The Morgan fingerprint density at radius 2 is 1.64 bits per heavy atom. The summed E-state index contributed by atoms with van der Waals surface area (Å²) in [4.78, 5) is 65.8. The predicted molar refractivity (Wildman–Crippen MR) is 269 cm³/mol. The SMILES string of the molecule is CO[C@H]1/C=C\C=C(/C)C(=O)NC2=CC(=O)C(NCCCCCC#C[C@]3(O)CC[C@@]4(C)C5CCC6=CC(=O)CC[C@]6(C)[C@@]5(C)CC[C@@]43C)=C(C[C@H](C)C[C@H](OC)[C@@H](O)[C@H](C)/C=C(\C)C[C@@H]1OC(N)=O)C2=O. The molecule has 0 radical (unpaired) electrons. The van der Waals surface area contributed by atoms with Crippen LogP contribution in [0.15, 0.2) is 70.1 Å². The highest BCUT2D eigenvalue weighted by molar-refractivity contribution is 6.23. The smallest absolute Gasteiger partial charge is 0.404 e. The van der Waals surface area contributed by atoms with E-state index in [-0.39, 0.29) is 74.7 Å². The second kappa shape index (κ2) is 22.0. The number of unbranched alkanes of at least 4 members (excludes halogenated alkanes) is 3. The first-order valence-corrected chi connectivity index (χ1v) is 25.7. The molecule has 70 heavy (non-hydrogen) atoms. The maximum Gasteiger partial charge on any atom is 0.404 e. The average Bonchev–Trinajstić information content (AvgIpc) is 3.51. The second-order valence-corrected chi connectivity index (χ2v) is 22.5. The number of carbonyl (C=O) groups is 5. The van der Waals surface area contributed by atoms with Crippen LogP contribution in [0.5, 0.6) is 0 Å². The number of ether oxygens (including phenoxy) is 3. The van der Waals surface area contributed by atoms with Crippen molar-refractivity contribution >= 4 is 29.4 Å². The van der Waals surface area contributed by atoms with Gasteiger partial charge in [-0.15, -0.1) is 5.92 Å². The summed E-state index contributed by atoms with van der Waals surface area (Å²) in [6.07, 6.45) is 16.5. The molecule has 6 N–H and O–H groups in total. The minimum atomic E-state index is -1.07. The van der Waals surface area contributed by atoms with Crippen LogP contribution in [0.1, 0.15) is 152 Å². The van der Waals surface area contributed by atoms with Crippen molar-refractivity contribution in [3.05, 3.63) is 70.1 Å². The van der Waals surface area contributed by atoms with Crippen molar-refractivity contribution in [2.24, 2.45) is 45.1 Å². The lowest BCUT2D eigenvalue weighted by molar-refractivity contribution is -0.188. The van der Waals surface area contributed by atoms with Gasteiger partial charge in [0.1, 0.15) is 17.8 Å². The quantitative estimate of drug-likeness (QED) is 0.0643. The number of aliphatic hydroxyl groups is 2. The van der Waals surface area contributed by atoms with Gasteiger partial charge >= 0.3 is 6.09 Å². The molecule has 0 aromatic rings. The van der Waals surface area contributed by atoms with E-state index in [1.807, 2.05) is 32.9 Å². The van der Waals surface area contributed by atoms with Crippen LogP contribution in [-0.2, 0) is 33.4 Å². The molecule has 0 saturated heterocycles. The fourth-order valence-electron chi connectivity index (χ4n) is 13.6. The number of aliphatic hydroxyl groups excluding tert-OH is 1. The van der Waals surface area contributed by atoms with E-state index in [0.717, 1.165) is 56.9 Å². The van der Waals surface area contributed by atoms with E-state index in [1.54, 1.807) is 19.1 Å². The number of fused-ring (bicyclic) bond motifs is 7. The molecule has 13 nitrogen and oxygen atoms in total. The monoisotopic (exact) mass is 968 g/mol. The summed E-state index contributed by atoms with van der Waals surface area (Å²) in [7, 11) is 2.98. The van der Waals surface area contributed by atoms with Gasteiger partial charge in [-0.25, -0.2) is 4.79 Å². The molecule has 2 amide bonds. The van der Waals surface area contributed by atoms with Gasteiger partial charge in [0.05, 0.1) is 23.6 Å². The van der Waals surface area contributed by atoms with E-state index in [9.17, 15) is 34.2 Å². The minimum absolute atomic E-state index is 0.00547. The summed E-state index contributed by atoms with van der Waals surface area (Å²) in [5.41, 5.74) is 6.75. The number of nitrogens with one attached hydrogen (secondary N) is 2. The van der Waals surface area contributed by atoms with Crippen molar-refractivity contribution in [3.8, 4) is 11.8 Å². The molecule has 1 aliphatic heterocycles. The Hall–Kier alpha value is -4.61. The largest absolute Gasteiger partial charge is 0.443 e. The fraction of sp³-hybridized carbons (Fsp3) is 0.667. The molecule has 384 valence electrons. The Labute approximate surface area is 416 Å². The van der Waals surface area contributed by atoms with E-state index in [4.69, 9.17) is 19.9 Å². The Morgan fingerprint density at radius 1 is 0.914 bits per heavy atom. The zero-order valence-corrected chi connectivity index (χ0v) is 43.6. The van der Waals surface area contributed by atoms with Crippen LogP contribution < -0.4 is 16.4 Å². The topological polar surface area (TPSA) is 204 Å². The number of methoxy groups -OCH3 is 2. The molecular weight excluding hydrogens is 887 g/mol. The van der Waals surface area contributed by atoms with Crippen LogP contribution in [0.4, 0.5) is 4.79 Å². The summed E-state index contributed by atoms with van der Waals surface area (Å²) >= 11 is 0. The fourth-order valence-corrected chi connectivity index (χ4v) is 13.6. The summed E-state index contributed by atoms with van der Waals surface area (Å²) in [5.74, 6) is 5.44. The number of Topliss-reactive ketones (excluding diaryl/α,β-unsaturated/α-hetero) is 1. The highest BCUT2D eigenvalue weighted by atomic mass is 16.6. The van der Waals surface area contributed by atoms with Gasteiger partial charge < -0.3 is 40.8 Å². The molecule has 3 fully saturated rings. The lowest BCUT2D eigenvalue weighted by Crippen LogP contribution is -2.63. The number of primary amides is 1. The lowest BCUT2D eigenvalue weighted by atomic mass is 9.36. The predicted octanol–water partition coefficient (Wildman–Crippen LogP) is 8.35. The lowest BCUT2D eigenvalue weighted by Gasteiger charge is -2.68. The minimum Gasteiger partial charge on any atom is -0.443 e. The standard InChI is InChI=1S/C57H81N3O10/c1-35-29-38(4)49(63)46(69-10)32-36(2)30-41-48(43(62)34-42(50(41)64)60-51(65)37(3)17-16-18-44(68-9)45(31-35)70-52(58)66)59-28-15-13-11-12-14-22-57(67)27-25-55(7)47-20-19-39-33-40(61)21-23-53(39,5)54(47,6)24-26-56(55,57)8/h16-18,29,33-34,36,38,44-47,49,59,63,67H,11-13,15,19-21,23-28,30-32H2,1-10H3,(H2,58,66)(H,60,65)/b18-16-,35-29+,37-17+/t36-,38+,44-,45-,46-,47?,49-,53-,54-,55-,56-,57-/m0/s1. The van der Waals surface area contributed by atoms with Gasteiger partial charge in [-0.05, 0) is 119 Å². The molecule has 1 heterocycles. The average molecular weight is 968 g/mol. The van der Waals surface area contributed by atoms with Crippen LogP contribution >= 0.6 is 0 Å². The van der Waals surface area contributed by atoms with Gasteiger partial charge in [0.2, 0.25) is 11.6 Å². The highest BCUT2D eigenvalue weighted by Crippen LogP contribution is 2.76. The maximum atomic E-state index is 14.2.